The topological polar surface area (TPSA) is 30.2 Å². The maximum Gasteiger partial charge on any atom is 0.344 e. The van der Waals surface area contributed by atoms with Gasteiger partial charge in [-0.2, -0.15) is 0 Å². The van der Waals surface area contributed by atoms with Crippen molar-refractivity contribution in [2.75, 3.05) is 0 Å². The lowest BCUT2D eigenvalue weighted by Crippen LogP contribution is -2.27. The van der Waals surface area contributed by atoms with E-state index in [2.05, 4.69) is 62.5 Å². The summed E-state index contributed by atoms with van der Waals surface area (Å²) in [6.45, 7) is 9.69. The number of aryl methyl sites for hydroxylation is 1. The second-order valence-corrected chi connectivity index (χ2v) is 6.45. The van der Waals surface area contributed by atoms with Gasteiger partial charge in [-0.1, -0.05) is 67.8 Å². The number of rotatable bonds is 2. The molecule has 2 heteroatoms. The quantitative estimate of drug-likeness (QED) is 0.547. The molecule has 0 unspecified atom stereocenters. The van der Waals surface area contributed by atoms with E-state index in [1.165, 1.54) is 16.3 Å². The second kappa shape index (κ2) is 6.16. The zero-order valence-electron chi connectivity index (χ0n) is 14.6. The summed E-state index contributed by atoms with van der Waals surface area (Å²) in [5.41, 5.74) is 4.66. The molecule has 4 aromatic rings. The molecule has 0 atom stereocenters. The van der Waals surface area contributed by atoms with E-state index in [1.807, 2.05) is 18.2 Å². The third kappa shape index (κ3) is 2.66. The fraction of sp³-hybridized carbons (Fsp3) is 0.0417. The standard InChI is InChI=1S/C24H18O2/c1-15-7-4-12-22-20(15)10-6-11-21(22)18-8-5-9-19(14-18)23-13-16(2)17(3)26-24(23)25/h4-14H,2-3H2,1H3. The Morgan fingerprint density at radius 1 is 0.769 bits per heavy atom. The first-order chi connectivity index (χ1) is 12.5. The smallest absolute Gasteiger partial charge is 0.344 e. The molecule has 0 amide bonds. The molecule has 4 rings (SSSR count). The first kappa shape index (κ1) is 16.1. The zero-order valence-corrected chi connectivity index (χ0v) is 14.6. The van der Waals surface area contributed by atoms with Crippen molar-refractivity contribution in [3.63, 3.8) is 0 Å². The van der Waals surface area contributed by atoms with Gasteiger partial charge in [0.25, 0.3) is 0 Å². The molecule has 0 N–H and O–H groups in total. The van der Waals surface area contributed by atoms with Gasteiger partial charge in [-0.05, 0) is 52.1 Å². The lowest BCUT2D eigenvalue weighted by atomic mass is 9.94. The Labute approximate surface area is 151 Å². The average Bonchev–Trinajstić information content (AvgIpc) is 2.65. The molecule has 0 spiro atoms. The molecule has 1 aromatic heterocycles. The van der Waals surface area contributed by atoms with Crippen LogP contribution in [0, 0.1) is 6.92 Å². The van der Waals surface area contributed by atoms with E-state index >= 15 is 0 Å². The van der Waals surface area contributed by atoms with E-state index in [-0.39, 0.29) is 0 Å². The molecule has 0 bridgehead atoms. The fourth-order valence-electron chi connectivity index (χ4n) is 3.32. The minimum atomic E-state index is -0.395. The summed E-state index contributed by atoms with van der Waals surface area (Å²) in [6.07, 6.45) is 0. The Morgan fingerprint density at radius 2 is 1.42 bits per heavy atom. The van der Waals surface area contributed by atoms with Crippen LogP contribution in [-0.4, -0.2) is 0 Å². The van der Waals surface area contributed by atoms with Crippen LogP contribution in [0.2, 0.25) is 0 Å². The molecule has 26 heavy (non-hydrogen) atoms. The lowest BCUT2D eigenvalue weighted by molar-refractivity contribution is 0.478. The first-order valence-corrected chi connectivity index (χ1v) is 8.46. The van der Waals surface area contributed by atoms with E-state index < -0.39 is 5.63 Å². The summed E-state index contributed by atoms with van der Waals surface area (Å²) < 4.78 is 5.20. The van der Waals surface area contributed by atoms with E-state index in [0.717, 1.165) is 16.7 Å². The molecule has 0 saturated carbocycles. The van der Waals surface area contributed by atoms with E-state index in [0.29, 0.717) is 16.2 Å². The van der Waals surface area contributed by atoms with Crippen molar-refractivity contribution in [2.45, 2.75) is 6.92 Å². The molecular weight excluding hydrogens is 320 g/mol. The predicted octanol–water partition coefficient (Wildman–Crippen LogP) is 4.26. The second-order valence-electron chi connectivity index (χ2n) is 6.45. The van der Waals surface area contributed by atoms with Crippen molar-refractivity contribution in [3.8, 4) is 22.3 Å². The normalized spacial score (nSPS) is 11.0. The number of fused-ring (bicyclic) bond motifs is 1. The number of hydrogen-bond acceptors (Lipinski definition) is 2. The maximum absolute atomic E-state index is 12.3. The van der Waals surface area contributed by atoms with Crippen molar-refractivity contribution < 1.29 is 4.42 Å². The highest BCUT2D eigenvalue weighted by Gasteiger charge is 2.09. The van der Waals surface area contributed by atoms with E-state index in [4.69, 9.17) is 4.42 Å². The number of benzene rings is 3. The largest absolute Gasteiger partial charge is 0.423 e. The Morgan fingerprint density at radius 3 is 2.23 bits per heavy atom. The summed E-state index contributed by atoms with van der Waals surface area (Å²) in [6, 6.07) is 22.3. The van der Waals surface area contributed by atoms with Crippen LogP contribution in [0.5, 0.6) is 0 Å². The maximum atomic E-state index is 12.3. The summed E-state index contributed by atoms with van der Waals surface area (Å²) in [4.78, 5) is 12.3. The van der Waals surface area contributed by atoms with Crippen LogP contribution >= 0.6 is 0 Å². The highest BCUT2D eigenvalue weighted by molar-refractivity contribution is 5.98. The zero-order chi connectivity index (χ0) is 18.3. The van der Waals surface area contributed by atoms with Crippen LogP contribution in [0.25, 0.3) is 46.2 Å². The van der Waals surface area contributed by atoms with Gasteiger partial charge in [0.05, 0.1) is 5.56 Å². The lowest BCUT2D eigenvalue weighted by Gasteiger charge is -2.10. The predicted molar refractivity (Wildman–Crippen MR) is 108 cm³/mol. The number of hydrogen-bond donors (Lipinski definition) is 0. The molecule has 126 valence electrons. The molecular formula is C24H18O2. The molecule has 1 heterocycles. The van der Waals surface area contributed by atoms with Crippen LogP contribution in [0.15, 0.2) is 75.9 Å². The minimum absolute atomic E-state index is 0.305. The van der Waals surface area contributed by atoms with Crippen molar-refractivity contribution in [2.24, 2.45) is 0 Å². The summed E-state index contributed by atoms with van der Waals surface area (Å²) in [5, 5.41) is 3.05. The highest BCUT2D eigenvalue weighted by atomic mass is 16.4. The molecule has 0 aliphatic carbocycles. The van der Waals surface area contributed by atoms with Gasteiger partial charge in [0.2, 0.25) is 0 Å². The summed E-state index contributed by atoms with van der Waals surface area (Å²) >= 11 is 0. The SMILES string of the molecule is C=c1cc(-c2cccc(-c3cccc4c(C)cccc34)c2)c(=O)oc1=C. The first-order valence-electron chi connectivity index (χ1n) is 8.46. The van der Waals surface area contributed by atoms with E-state index in [9.17, 15) is 4.79 Å². The molecule has 0 aliphatic heterocycles. The molecule has 0 radical (unpaired) electrons. The summed E-state index contributed by atoms with van der Waals surface area (Å²) in [5.74, 6) is 0. The summed E-state index contributed by atoms with van der Waals surface area (Å²) in [7, 11) is 0. The fourth-order valence-corrected chi connectivity index (χ4v) is 3.32. The Kier molecular flexibility index (Phi) is 3.81. The van der Waals surface area contributed by atoms with Crippen LogP contribution in [-0.2, 0) is 0 Å². The van der Waals surface area contributed by atoms with Crippen LogP contribution < -0.4 is 16.3 Å². The van der Waals surface area contributed by atoms with Gasteiger partial charge < -0.3 is 4.42 Å². The van der Waals surface area contributed by atoms with Crippen molar-refractivity contribution in [3.05, 3.63) is 93.3 Å². The Bertz CT molecular complexity index is 1300. The third-order valence-corrected chi connectivity index (χ3v) is 4.74. The van der Waals surface area contributed by atoms with Gasteiger partial charge in [0.1, 0.15) is 5.42 Å². The Hall–Kier alpha value is -3.39. The van der Waals surface area contributed by atoms with Gasteiger partial charge in [0.15, 0.2) is 0 Å². The van der Waals surface area contributed by atoms with Crippen molar-refractivity contribution >= 4 is 23.9 Å². The monoisotopic (exact) mass is 338 g/mol. The van der Waals surface area contributed by atoms with Gasteiger partial charge in [-0.3, -0.25) is 0 Å². The average molecular weight is 338 g/mol. The van der Waals surface area contributed by atoms with Crippen molar-refractivity contribution in [1.29, 1.82) is 0 Å². The highest BCUT2D eigenvalue weighted by Crippen LogP contribution is 2.31. The van der Waals surface area contributed by atoms with Gasteiger partial charge in [-0.15, -0.1) is 0 Å². The van der Waals surface area contributed by atoms with Gasteiger partial charge >= 0.3 is 5.63 Å². The molecule has 2 nitrogen and oxygen atoms in total. The van der Waals surface area contributed by atoms with Crippen LogP contribution in [0.4, 0.5) is 0 Å². The van der Waals surface area contributed by atoms with Gasteiger partial charge in [-0.25, -0.2) is 4.79 Å². The Balaban J connectivity index is 1.95. The van der Waals surface area contributed by atoms with E-state index in [1.54, 1.807) is 6.07 Å². The molecule has 0 saturated heterocycles. The van der Waals surface area contributed by atoms with Crippen LogP contribution in [0.3, 0.4) is 0 Å². The molecule has 0 fully saturated rings. The minimum Gasteiger partial charge on any atom is -0.423 e. The van der Waals surface area contributed by atoms with Crippen LogP contribution in [0.1, 0.15) is 5.56 Å². The molecule has 0 aliphatic rings. The third-order valence-electron chi connectivity index (χ3n) is 4.74. The van der Waals surface area contributed by atoms with Crippen molar-refractivity contribution in [1.82, 2.24) is 0 Å². The molecule has 3 aromatic carbocycles. The van der Waals surface area contributed by atoms with Gasteiger partial charge in [0, 0.05) is 5.22 Å².